The Balaban J connectivity index is 1.37. The van der Waals surface area contributed by atoms with Gasteiger partial charge in [-0.1, -0.05) is 32.3 Å². The zero-order valence-electron chi connectivity index (χ0n) is 22.8. The fourth-order valence-electron chi connectivity index (χ4n) is 6.19. The van der Waals surface area contributed by atoms with E-state index in [1.807, 2.05) is 22.9 Å². The van der Waals surface area contributed by atoms with E-state index in [1.165, 1.54) is 30.5 Å². The van der Waals surface area contributed by atoms with Crippen molar-refractivity contribution in [1.82, 2.24) is 30.1 Å². The smallest absolute Gasteiger partial charge is 0.253 e. The SMILES string of the molecule is CCc1ccc2[nH]c(=O)c([C@H](c3nnnn3C3CCCCC3)N3CCN(c4ccc(OC)cc4)CC3)cc2c1. The first kappa shape index (κ1) is 25.6. The lowest BCUT2D eigenvalue weighted by molar-refractivity contribution is 0.192. The van der Waals surface area contributed by atoms with Crippen molar-refractivity contribution in [3.05, 3.63) is 75.8 Å². The van der Waals surface area contributed by atoms with E-state index in [0.717, 1.165) is 67.9 Å². The van der Waals surface area contributed by atoms with Crippen LogP contribution in [-0.2, 0) is 6.42 Å². The summed E-state index contributed by atoms with van der Waals surface area (Å²) in [6.45, 7) is 5.43. The lowest BCUT2D eigenvalue weighted by Crippen LogP contribution is -2.49. The number of methoxy groups -OCH3 is 1. The van der Waals surface area contributed by atoms with Gasteiger partial charge in [0.2, 0.25) is 0 Å². The molecule has 4 aromatic rings. The number of fused-ring (bicyclic) bond motifs is 1. The van der Waals surface area contributed by atoms with E-state index in [0.29, 0.717) is 5.56 Å². The zero-order valence-corrected chi connectivity index (χ0v) is 22.8. The van der Waals surface area contributed by atoms with Crippen LogP contribution in [0.4, 0.5) is 5.69 Å². The fourth-order valence-corrected chi connectivity index (χ4v) is 6.19. The number of nitrogens with one attached hydrogen (secondary N) is 1. The molecule has 2 aromatic carbocycles. The Morgan fingerprint density at radius 3 is 2.49 bits per heavy atom. The summed E-state index contributed by atoms with van der Waals surface area (Å²) in [6.07, 6.45) is 6.72. The third kappa shape index (κ3) is 5.15. The Kier molecular flexibility index (Phi) is 7.32. The van der Waals surface area contributed by atoms with Gasteiger partial charge in [0, 0.05) is 42.9 Å². The van der Waals surface area contributed by atoms with Gasteiger partial charge < -0.3 is 14.6 Å². The number of aromatic nitrogens is 5. The highest BCUT2D eigenvalue weighted by Gasteiger charge is 2.34. The molecule has 9 nitrogen and oxygen atoms in total. The van der Waals surface area contributed by atoms with Gasteiger partial charge in [0.1, 0.15) is 11.8 Å². The van der Waals surface area contributed by atoms with E-state index in [1.54, 1.807) is 7.11 Å². The molecule has 0 amide bonds. The normalized spacial score (nSPS) is 17.9. The number of piperazine rings is 1. The van der Waals surface area contributed by atoms with Crippen molar-refractivity contribution in [1.29, 1.82) is 0 Å². The number of nitrogens with zero attached hydrogens (tertiary/aromatic N) is 6. The van der Waals surface area contributed by atoms with Crippen LogP contribution in [0.2, 0.25) is 0 Å². The minimum Gasteiger partial charge on any atom is -0.497 e. The van der Waals surface area contributed by atoms with Gasteiger partial charge in [-0.2, -0.15) is 0 Å². The summed E-state index contributed by atoms with van der Waals surface area (Å²) in [6, 6.07) is 16.5. The van der Waals surface area contributed by atoms with Gasteiger partial charge in [0.15, 0.2) is 5.82 Å². The van der Waals surface area contributed by atoms with Crippen LogP contribution in [-0.4, -0.2) is 63.4 Å². The summed E-state index contributed by atoms with van der Waals surface area (Å²) in [4.78, 5) is 21.5. The predicted octanol–water partition coefficient (Wildman–Crippen LogP) is 4.50. The Morgan fingerprint density at radius 1 is 1.00 bits per heavy atom. The van der Waals surface area contributed by atoms with Gasteiger partial charge in [-0.05, 0) is 83.1 Å². The lowest BCUT2D eigenvalue weighted by Gasteiger charge is -2.40. The highest BCUT2D eigenvalue weighted by molar-refractivity contribution is 5.80. The van der Waals surface area contributed by atoms with Crippen molar-refractivity contribution in [2.24, 2.45) is 0 Å². The van der Waals surface area contributed by atoms with Gasteiger partial charge in [0.05, 0.1) is 13.2 Å². The fraction of sp³-hybridized carbons (Fsp3) is 0.467. The van der Waals surface area contributed by atoms with Crippen LogP contribution < -0.4 is 15.2 Å². The van der Waals surface area contributed by atoms with Crippen LogP contribution in [0.25, 0.3) is 10.9 Å². The van der Waals surface area contributed by atoms with Crippen molar-refractivity contribution in [3.63, 3.8) is 0 Å². The second-order valence-electron chi connectivity index (χ2n) is 10.7. The monoisotopic (exact) mass is 527 g/mol. The highest BCUT2D eigenvalue weighted by Crippen LogP contribution is 2.34. The molecule has 1 aliphatic carbocycles. The quantitative estimate of drug-likeness (QED) is 0.378. The molecule has 2 aliphatic rings. The van der Waals surface area contributed by atoms with Gasteiger partial charge in [0.25, 0.3) is 5.56 Å². The van der Waals surface area contributed by atoms with E-state index in [9.17, 15) is 4.79 Å². The molecule has 2 aromatic heterocycles. The van der Waals surface area contributed by atoms with E-state index in [-0.39, 0.29) is 17.6 Å². The summed E-state index contributed by atoms with van der Waals surface area (Å²) in [7, 11) is 1.69. The summed E-state index contributed by atoms with van der Waals surface area (Å²) in [5.41, 5.74) is 3.91. The van der Waals surface area contributed by atoms with E-state index in [2.05, 4.69) is 67.6 Å². The average molecular weight is 528 g/mol. The number of rotatable bonds is 7. The molecule has 204 valence electrons. The predicted molar refractivity (Wildman–Crippen MR) is 153 cm³/mol. The zero-order chi connectivity index (χ0) is 26.8. The first-order valence-corrected chi connectivity index (χ1v) is 14.2. The number of aromatic amines is 1. The average Bonchev–Trinajstić information content (AvgIpc) is 3.48. The molecule has 2 fully saturated rings. The molecule has 1 N–H and O–H groups in total. The van der Waals surface area contributed by atoms with Crippen molar-refractivity contribution in [2.75, 3.05) is 38.2 Å². The van der Waals surface area contributed by atoms with Gasteiger partial charge in [-0.25, -0.2) is 4.68 Å². The Labute approximate surface area is 228 Å². The molecule has 1 saturated carbocycles. The van der Waals surface area contributed by atoms with Crippen molar-refractivity contribution in [2.45, 2.75) is 57.5 Å². The van der Waals surface area contributed by atoms with Crippen LogP contribution in [0.1, 0.15) is 68.1 Å². The van der Waals surface area contributed by atoms with Crippen molar-refractivity contribution >= 4 is 16.6 Å². The molecule has 0 unspecified atom stereocenters. The van der Waals surface area contributed by atoms with Gasteiger partial charge in [-0.15, -0.1) is 5.10 Å². The summed E-state index contributed by atoms with van der Waals surface area (Å²) in [5.74, 6) is 1.63. The molecule has 1 saturated heterocycles. The first-order valence-electron chi connectivity index (χ1n) is 14.2. The summed E-state index contributed by atoms with van der Waals surface area (Å²) < 4.78 is 7.35. The molecule has 1 aliphatic heterocycles. The van der Waals surface area contributed by atoms with Gasteiger partial charge >= 0.3 is 0 Å². The number of hydrogen-bond donors (Lipinski definition) is 1. The first-order chi connectivity index (χ1) is 19.1. The van der Waals surface area contributed by atoms with E-state index < -0.39 is 0 Å². The van der Waals surface area contributed by atoms with Crippen molar-refractivity contribution in [3.8, 4) is 5.75 Å². The highest BCUT2D eigenvalue weighted by atomic mass is 16.5. The Bertz CT molecular complexity index is 1460. The number of hydrogen-bond acceptors (Lipinski definition) is 7. The van der Waals surface area contributed by atoms with Crippen LogP contribution in [0.5, 0.6) is 5.75 Å². The molecule has 0 radical (unpaired) electrons. The summed E-state index contributed by atoms with van der Waals surface area (Å²) >= 11 is 0. The number of ether oxygens (including phenoxy) is 1. The number of benzene rings is 2. The number of pyridine rings is 1. The van der Waals surface area contributed by atoms with Gasteiger partial charge in [-0.3, -0.25) is 9.69 Å². The molecular weight excluding hydrogens is 490 g/mol. The molecule has 0 bridgehead atoms. The summed E-state index contributed by atoms with van der Waals surface area (Å²) in [5, 5.41) is 14.2. The number of H-pyrrole nitrogens is 1. The topological polar surface area (TPSA) is 92.2 Å². The third-order valence-corrected chi connectivity index (χ3v) is 8.44. The second kappa shape index (κ2) is 11.2. The maximum atomic E-state index is 13.6. The van der Waals surface area contributed by atoms with Crippen LogP contribution in [0.3, 0.4) is 0 Å². The lowest BCUT2D eigenvalue weighted by atomic mass is 9.95. The Morgan fingerprint density at radius 2 is 1.77 bits per heavy atom. The van der Waals surface area contributed by atoms with Crippen molar-refractivity contribution < 1.29 is 4.74 Å². The maximum absolute atomic E-state index is 13.6. The molecule has 1 atom stereocenters. The third-order valence-electron chi connectivity index (χ3n) is 8.44. The van der Waals surface area contributed by atoms with Crippen LogP contribution in [0.15, 0.2) is 53.3 Å². The second-order valence-corrected chi connectivity index (χ2v) is 10.7. The standard InChI is InChI=1S/C30H37N7O2/c1-3-21-9-14-27-22(19-21)20-26(30(38)31-27)28(29-32-33-34-37(29)24-7-5-4-6-8-24)36-17-15-35(16-18-36)23-10-12-25(39-2)13-11-23/h9-14,19-20,24,28H,3-8,15-18H2,1-2H3,(H,31,38)/t28-/m1/s1. The number of anilines is 1. The molecule has 9 heteroatoms. The van der Waals surface area contributed by atoms with E-state index in [4.69, 9.17) is 4.74 Å². The van der Waals surface area contributed by atoms with E-state index >= 15 is 0 Å². The molecule has 0 spiro atoms. The minimum absolute atomic E-state index is 0.0764. The number of tetrazole rings is 1. The van der Waals surface area contributed by atoms with Crippen LogP contribution >= 0.6 is 0 Å². The largest absolute Gasteiger partial charge is 0.497 e. The number of aryl methyl sites for hydroxylation is 1. The molecule has 3 heterocycles. The van der Waals surface area contributed by atoms with Crippen LogP contribution in [0, 0.1) is 0 Å². The molecular formula is C30H37N7O2. The molecule has 39 heavy (non-hydrogen) atoms. The Hall–Kier alpha value is -3.72. The minimum atomic E-state index is -0.321. The maximum Gasteiger partial charge on any atom is 0.253 e. The molecule has 6 rings (SSSR count).